The van der Waals surface area contributed by atoms with Gasteiger partial charge in [-0.25, -0.2) is 4.39 Å². The van der Waals surface area contributed by atoms with E-state index >= 15 is 0 Å². The minimum Gasteiger partial charge on any atom is -0.489 e. The summed E-state index contributed by atoms with van der Waals surface area (Å²) in [4.78, 5) is 0. The highest BCUT2D eigenvalue weighted by atomic mass is 19.1. The Morgan fingerprint density at radius 1 is 1.10 bits per heavy atom. The molecule has 2 aromatic carbocycles. The number of nitrogens with one attached hydrogen (secondary N) is 1. The Kier molecular flexibility index (Phi) is 5.76. The number of aryl methyl sites for hydroxylation is 1. The van der Waals surface area contributed by atoms with Gasteiger partial charge in [-0.15, -0.1) is 0 Å². The summed E-state index contributed by atoms with van der Waals surface area (Å²) >= 11 is 0. The molecule has 0 aliphatic rings. The van der Waals surface area contributed by atoms with E-state index in [-0.39, 0.29) is 11.9 Å². The Labute approximate surface area is 126 Å². The van der Waals surface area contributed by atoms with E-state index in [9.17, 15) is 4.39 Å². The lowest BCUT2D eigenvalue weighted by Crippen LogP contribution is -2.28. The van der Waals surface area contributed by atoms with E-state index in [1.807, 2.05) is 12.1 Å². The maximum atomic E-state index is 13.6. The summed E-state index contributed by atoms with van der Waals surface area (Å²) in [7, 11) is 0. The first kappa shape index (κ1) is 15.5. The SMILES string of the molecule is CCCNC(COc1ccccc1F)c1ccccc1C. The average Bonchev–Trinajstić information content (AvgIpc) is 2.50. The van der Waals surface area contributed by atoms with Gasteiger partial charge in [-0.05, 0) is 43.1 Å². The molecule has 2 nitrogen and oxygen atoms in total. The lowest BCUT2D eigenvalue weighted by molar-refractivity contribution is 0.255. The molecule has 1 atom stereocenters. The number of benzene rings is 2. The second-order valence-corrected chi connectivity index (χ2v) is 5.10. The van der Waals surface area contributed by atoms with Gasteiger partial charge in [0.05, 0.1) is 6.04 Å². The van der Waals surface area contributed by atoms with E-state index in [4.69, 9.17) is 4.74 Å². The first-order chi connectivity index (χ1) is 10.2. The monoisotopic (exact) mass is 287 g/mol. The van der Waals surface area contributed by atoms with Crippen molar-refractivity contribution in [3.63, 3.8) is 0 Å². The number of ether oxygens (including phenoxy) is 1. The van der Waals surface area contributed by atoms with Crippen molar-refractivity contribution in [2.45, 2.75) is 26.3 Å². The molecule has 1 N–H and O–H groups in total. The normalized spacial score (nSPS) is 12.1. The van der Waals surface area contributed by atoms with Crippen LogP contribution in [0.2, 0.25) is 0 Å². The molecule has 0 heterocycles. The quantitative estimate of drug-likeness (QED) is 0.822. The standard InChI is InChI=1S/C18H22FNO/c1-3-12-20-17(15-9-5-4-8-14(15)2)13-21-18-11-7-6-10-16(18)19/h4-11,17,20H,3,12-13H2,1-2H3. The molecule has 0 spiro atoms. The fourth-order valence-corrected chi connectivity index (χ4v) is 2.29. The number of rotatable bonds is 7. The molecule has 0 fully saturated rings. The minimum absolute atomic E-state index is 0.0609. The third-order valence-electron chi connectivity index (χ3n) is 3.45. The van der Waals surface area contributed by atoms with Crippen LogP contribution in [0.25, 0.3) is 0 Å². The van der Waals surface area contributed by atoms with Crippen LogP contribution in [0, 0.1) is 12.7 Å². The van der Waals surface area contributed by atoms with Crippen LogP contribution in [0.3, 0.4) is 0 Å². The van der Waals surface area contributed by atoms with Crippen molar-refractivity contribution in [1.82, 2.24) is 5.32 Å². The summed E-state index contributed by atoms with van der Waals surface area (Å²) in [6.45, 7) is 5.52. The van der Waals surface area contributed by atoms with E-state index in [0.717, 1.165) is 13.0 Å². The van der Waals surface area contributed by atoms with Gasteiger partial charge in [-0.3, -0.25) is 0 Å². The number of hydrogen-bond acceptors (Lipinski definition) is 2. The van der Waals surface area contributed by atoms with Crippen molar-refractivity contribution < 1.29 is 9.13 Å². The van der Waals surface area contributed by atoms with Crippen molar-refractivity contribution in [2.24, 2.45) is 0 Å². The lowest BCUT2D eigenvalue weighted by atomic mass is 10.0. The fraction of sp³-hybridized carbons (Fsp3) is 0.333. The van der Waals surface area contributed by atoms with E-state index in [2.05, 4.69) is 31.3 Å². The highest BCUT2D eigenvalue weighted by Crippen LogP contribution is 2.21. The van der Waals surface area contributed by atoms with E-state index in [1.165, 1.54) is 17.2 Å². The van der Waals surface area contributed by atoms with Crippen LogP contribution in [0.1, 0.15) is 30.5 Å². The van der Waals surface area contributed by atoms with Crippen LogP contribution in [-0.4, -0.2) is 13.2 Å². The zero-order valence-electron chi connectivity index (χ0n) is 12.6. The van der Waals surface area contributed by atoms with Crippen molar-refractivity contribution in [1.29, 1.82) is 0 Å². The van der Waals surface area contributed by atoms with Gasteiger partial charge < -0.3 is 10.1 Å². The number of hydrogen-bond donors (Lipinski definition) is 1. The van der Waals surface area contributed by atoms with Crippen molar-refractivity contribution in [2.75, 3.05) is 13.2 Å². The molecule has 0 radical (unpaired) electrons. The third-order valence-corrected chi connectivity index (χ3v) is 3.45. The summed E-state index contributed by atoms with van der Waals surface area (Å²) in [6.07, 6.45) is 1.04. The van der Waals surface area contributed by atoms with Gasteiger partial charge in [-0.2, -0.15) is 0 Å². The Morgan fingerprint density at radius 2 is 1.81 bits per heavy atom. The lowest BCUT2D eigenvalue weighted by Gasteiger charge is -2.21. The van der Waals surface area contributed by atoms with Crippen LogP contribution in [0.15, 0.2) is 48.5 Å². The zero-order chi connectivity index (χ0) is 15.1. The van der Waals surface area contributed by atoms with E-state index < -0.39 is 0 Å². The molecule has 1 unspecified atom stereocenters. The molecule has 0 saturated carbocycles. The molecular formula is C18H22FNO. The zero-order valence-corrected chi connectivity index (χ0v) is 12.6. The largest absolute Gasteiger partial charge is 0.489 e. The van der Waals surface area contributed by atoms with Gasteiger partial charge in [0.15, 0.2) is 11.6 Å². The Bertz CT molecular complexity index is 571. The maximum absolute atomic E-state index is 13.6. The molecule has 0 aliphatic heterocycles. The maximum Gasteiger partial charge on any atom is 0.165 e. The molecule has 3 heteroatoms. The summed E-state index contributed by atoms with van der Waals surface area (Å²) in [5, 5.41) is 3.47. The van der Waals surface area contributed by atoms with E-state index in [1.54, 1.807) is 18.2 Å². The van der Waals surface area contributed by atoms with E-state index in [0.29, 0.717) is 12.4 Å². The Balaban J connectivity index is 2.10. The van der Waals surface area contributed by atoms with Crippen LogP contribution in [-0.2, 0) is 0 Å². The highest BCUT2D eigenvalue weighted by molar-refractivity contribution is 5.29. The Hall–Kier alpha value is -1.87. The molecule has 0 saturated heterocycles. The second kappa shape index (κ2) is 7.79. The predicted molar refractivity (Wildman–Crippen MR) is 84.1 cm³/mol. The average molecular weight is 287 g/mol. The van der Waals surface area contributed by atoms with Crippen molar-refractivity contribution in [3.8, 4) is 5.75 Å². The summed E-state index contributed by atoms with van der Waals surface area (Å²) in [5.41, 5.74) is 2.41. The molecule has 2 aromatic rings. The highest BCUT2D eigenvalue weighted by Gasteiger charge is 2.14. The van der Waals surface area contributed by atoms with Crippen LogP contribution < -0.4 is 10.1 Å². The first-order valence-corrected chi connectivity index (χ1v) is 7.38. The van der Waals surface area contributed by atoms with Crippen molar-refractivity contribution >= 4 is 0 Å². The van der Waals surface area contributed by atoms with Gasteiger partial charge >= 0.3 is 0 Å². The molecule has 0 aliphatic carbocycles. The number of para-hydroxylation sites is 1. The summed E-state index contributed by atoms with van der Waals surface area (Å²) < 4.78 is 19.3. The summed E-state index contributed by atoms with van der Waals surface area (Å²) in [5.74, 6) is -0.0223. The Morgan fingerprint density at radius 3 is 2.52 bits per heavy atom. The van der Waals surface area contributed by atoms with Crippen LogP contribution in [0.4, 0.5) is 4.39 Å². The summed E-state index contributed by atoms with van der Waals surface area (Å²) in [6, 6.07) is 14.8. The molecule has 21 heavy (non-hydrogen) atoms. The number of halogens is 1. The predicted octanol–water partition coefficient (Wildman–Crippen LogP) is 4.25. The smallest absolute Gasteiger partial charge is 0.165 e. The molecule has 112 valence electrons. The van der Waals surface area contributed by atoms with Gasteiger partial charge in [0.25, 0.3) is 0 Å². The molecular weight excluding hydrogens is 265 g/mol. The molecule has 2 rings (SSSR count). The third kappa shape index (κ3) is 4.30. The van der Waals surface area contributed by atoms with Gasteiger partial charge in [-0.1, -0.05) is 43.3 Å². The van der Waals surface area contributed by atoms with Crippen molar-refractivity contribution in [3.05, 3.63) is 65.5 Å². The second-order valence-electron chi connectivity index (χ2n) is 5.10. The topological polar surface area (TPSA) is 21.3 Å². The van der Waals surface area contributed by atoms with Crippen LogP contribution >= 0.6 is 0 Å². The van der Waals surface area contributed by atoms with Gasteiger partial charge in [0.2, 0.25) is 0 Å². The molecule has 0 aromatic heterocycles. The van der Waals surface area contributed by atoms with Gasteiger partial charge in [0.1, 0.15) is 6.61 Å². The fourth-order valence-electron chi connectivity index (χ4n) is 2.29. The molecule has 0 amide bonds. The van der Waals surface area contributed by atoms with Crippen LogP contribution in [0.5, 0.6) is 5.75 Å². The minimum atomic E-state index is -0.323. The first-order valence-electron chi connectivity index (χ1n) is 7.38. The van der Waals surface area contributed by atoms with Gasteiger partial charge in [0, 0.05) is 0 Å². The molecule has 0 bridgehead atoms.